The van der Waals surface area contributed by atoms with E-state index in [1.165, 1.54) is 7.11 Å². The van der Waals surface area contributed by atoms with Crippen molar-refractivity contribution >= 4 is 28.2 Å². The minimum absolute atomic E-state index is 0.0739. The number of ether oxygens (including phenoxy) is 2. The van der Waals surface area contributed by atoms with Crippen LogP contribution in [0.4, 0.5) is 0 Å². The van der Waals surface area contributed by atoms with E-state index in [1.807, 2.05) is 0 Å². The van der Waals surface area contributed by atoms with Gasteiger partial charge in [0, 0.05) is 5.56 Å². The molecule has 0 aliphatic heterocycles. The molecule has 0 spiro atoms. The third-order valence-corrected chi connectivity index (χ3v) is 2.80. The minimum atomic E-state index is -0.354. The zero-order chi connectivity index (χ0) is 12.8. The van der Waals surface area contributed by atoms with Gasteiger partial charge >= 0.3 is 5.97 Å². The summed E-state index contributed by atoms with van der Waals surface area (Å²) in [6.45, 7) is 2.06. The molecular formula is C12H13BrO4. The Morgan fingerprint density at radius 2 is 2.18 bits per heavy atom. The van der Waals surface area contributed by atoms with E-state index < -0.39 is 0 Å². The molecule has 0 saturated heterocycles. The van der Waals surface area contributed by atoms with E-state index in [4.69, 9.17) is 9.47 Å². The predicted octanol–water partition coefficient (Wildman–Crippen LogP) is 2.38. The Hall–Kier alpha value is -1.36. The van der Waals surface area contributed by atoms with Crippen molar-refractivity contribution in [3.05, 3.63) is 27.7 Å². The van der Waals surface area contributed by atoms with Crippen LogP contribution in [0.2, 0.25) is 0 Å². The van der Waals surface area contributed by atoms with Gasteiger partial charge in [-0.1, -0.05) is 0 Å². The molecule has 4 nitrogen and oxygen atoms in total. The summed E-state index contributed by atoms with van der Waals surface area (Å²) in [5, 5.41) is 0. The van der Waals surface area contributed by atoms with Gasteiger partial charge in [-0.2, -0.15) is 0 Å². The van der Waals surface area contributed by atoms with E-state index in [9.17, 15) is 9.59 Å². The lowest BCUT2D eigenvalue weighted by atomic mass is 10.1. The summed E-state index contributed by atoms with van der Waals surface area (Å²) in [6.07, 6.45) is 0.772. The molecule has 1 aromatic carbocycles. The Morgan fingerprint density at radius 3 is 2.71 bits per heavy atom. The topological polar surface area (TPSA) is 52.6 Å². The van der Waals surface area contributed by atoms with Crippen LogP contribution in [0, 0.1) is 0 Å². The van der Waals surface area contributed by atoms with E-state index in [0.717, 1.165) is 0 Å². The fourth-order valence-corrected chi connectivity index (χ4v) is 1.95. The molecule has 0 heterocycles. The minimum Gasteiger partial charge on any atom is -0.496 e. The summed E-state index contributed by atoms with van der Waals surface area (Å²) in [5.41, 5.74) is 1.05. The number of aldehydes is 1. The first-order valence-corrected chi connectivity index (χ1v) is 5.88. The third kappa shape index (κ3) is 3.56. The molecule has 1 aromatic rings. The maximum Gasteiger partial charge on any atom is 0.310 e. The molecule has 0 N–H and O–H groups in total. The molecule has 0 bridgehead atoms. The van der Waals surface area contributed by atoms with Gasteiger partial charge in [0.05, 0.1) is 24.6 Å². The summed E-state index contributed by atoms with van der Waals surface area (Å²) < 4.78 is 10.6. The fourth-order valence-electron chi connectivity index (χ4n) is 1.40. The molecule has 0 aliphatic rings. The molecule has 5 heteroatoms. The van der Waals surface area contributed by atoms with Crippen molar-refractivity contribution < 1.29 is 19.1 Å². The van der Waals surface area contributed by atoms with E-state index in [1.54, 1.807) is 19.1 Å². The Bertz CT molecular complexity index is 429. The highest BCUT2D eigenvalue weighted by molar-refractivity contribution is 9.10. The number of methoxy groups -OCH3 is 1. The van der Waals surface area contributed by atoms with E-state index in [0.29, 0.717) is 34.2 Å². The summed E-state index contributed by atoms with van der Waals surface area (Å²) in [4.78, 5) is 22.3. The van der Waals surface area contributed by atoms with Crippen LogP contribution < -0.4 is 4.74 Å². The number of carbonyl (C=O) groups excluding carboxylic acids is 2. The number of benzene rings is 1. The molecule has 0 saturated carbocycles. The van der Waals surface area contributed by atoms with Crippen molar-refractivity contribution in [3.8, 4) is 5.75 Å². The normalized spacial score (nSPS) is 9.82. The number of hydrogen-bond donors (Lipinski definition) is 0. The Kier molecular flexibility index (Phi) is 5.15. The molecule has 0 atom stereocenters. The van der Waals surface area contributed by atoms with Gasteiger partial charge in [0.25, 0.3) is 0 Å². The van der Waals surface area contributed by atoms with Gasteiger partial charge in [-0.05, 0) is 40.5 Å². The monoisotopic (exact) mass is 300 g/mol. The van der Waals surface area contributed by atoms with Crippen LogP contribution >= 0.6 is 15.9 Å². The van der Waals surface area contributed by atoms with Crippen LogP contribution in [0.25, 0.3) is 0 Å². The van der Waals surface area contributed by atoms with Crippen LogP contribution in [0.3, 0.4) is 0 Å². The van der Waals surface area contributed by atoms with Crippen molar-refractivity contribution in [2.75, 3.05) is 13.7 Å². The van der Waals surface area contributed by atoms with Crippen LogP contribution in [0.1, 0.15) is 22.8 Å². The molecule has 17 heavy (non-hydrogen) atoms. The largest absolute Gasteiger partial charge is 0.496 e. The lowest BCUT2D eigenvalue weighted by molar-refractivity contribution is -0.142. The highest BCUT2D eigenvalue weighted by Gasteiger charge is 2.12. The first-order chi connectivity index (χ1) is 8.12. The Morgan fingerprint density at radius 1 is 1.47 bits per heavy atom. The first kappa shape index (κ1) is 13.7. The molecule has 0 aromatic heterocycles. The quantitative estimate of drug-likeness (QED) is 0.619. The zero-order valence-corrected chi connectivity index (χ0v) is 11.2. The van der Waals surface area contributed by atoms with Gasteiger partial charge in [-0.15, -0.1) is 0 Å². The second-order valence-electron chi connectivity index (χ2n) is 3.29. The predicted molar refractivity (Wildman–Crippen MR) is 66.4 cm³/mol. The van der Waals surface area contributed by atoms with Gasteiger partial charge in [-0.3, -0.25) is 9.59 Å². The molecule has 0 unspecified atom stereocenters. The van der Waals surface area contributed by atoms with Gasteiger partial charge in [-0.25, -0.2) is 0 Å². The Balaban J connectivity index is 3.02. The number of carbonyl (C=O) groups is 2. The molecule has 0 fully saturated rings. The van der Waals surface area contributed by atoms with E-state index >= 15 is 0 Å². The summed E-state index contributed by atoms with van der Waals surface area (Å²) >= 11 is 3.31. The number of hydrogen-bond acceptors (Lipinski definition) is 4. The van der Waals surface area contributed by atoms with Crippen LogP contribution in [-0.2, 0) is 16.0 Å². The van der Waals surface area contributed by atoms with Gasteiger partial charge in [0.2, 0.25) is 0 Å². The lowest BCUT2D eigenvalue weighted by Crippen LogP contribution is -2.09. The number of rotatable bonds is 5. The molecular weight excluding hydrogens is 288 g/mol. The van der Waals surface area contributed by atoms with Crippen LogP contribution in [-0.4, -0.2) is 26.0 Å². The first-order valence-electron chi connectivity index (χ1n) is 5.09. The van der Waals surface area contributed by atoms with Gasteiger partial charge < -0.3 is 9.47 Å². The number of halogens is 1. The average Bonchev–Trinajstić information content (AvgIpc) is 2.29. The average molecular weight is 301 g/mol. The highest BCUT2D eigenvalue weighted by Crippen LogP contribution is 2.28. The smallest absolute Gasteiger partial charge is 0.310 e. The fraction of sp³-hybridized carbons (Fsp3) is 0.333. The summed E-state index contributed by atoms with van der Waals surface area (Å²) in [7, 11) is 1.51. The second kappa shape index (κ2) is 6.39. The van der Waals surface area contributed by atoms with Crippen molar-refractivity contribution in [2.24, 2.45) is 0 Å². The maximum atomic E-state index is 11.4. The van der Waals surface area contributed by atoms with Crippen LogP contribution in [0.5, 0.6) is 5.75 Å². The molecule has 0 aliphatic carbocycles. The van der Waals surface area contributed by atoms with Crippen molar-refractivity contribution in [3.63, 3.8) is 0 Å². The highest BCUT2D eigenvalue weighted by atomic mass is 79.9. The van der Waals surface area contributed by atoms with Crippen molar-refractivity contribution in [1.82, 2.24) is 0 Å². The SMILES string of the molecule is CCOC(=O)Cc1cc(Br)c(OC)cc1C=O. The van der Waals surface area contributed by atoms with E-state index in [2.05, 4.69) is 15.9 Å². The third-order valence-electron chi connectivity index (χ3n) is 2.18. The van der Waals surface area contributed by atoms with Crippen molar-refractivity contribution in [1.29, 1.82) is 0 Å². The van der Waals surface area contributed by atoms with Crippen LogP contribution in [0.15, 0.2) is 16.6 Å². The van der Waals surface area contributed by atoms with Crippen molar-refractivity contribution in [2.45, 2.75) is 13.3 Å². The molecule has 0 amide bonds. The van der Waals surface area contributed by atoms with Gasteiger partial charge in [0.15, 0.2) is 0 Å². The zero-order valence-electron chi connectivity index (χ0n) is 9.66. The van der Waals surface area contributed by atoms with E-state index in [-0.39, 0.29) is 12.4 Å². The number of esters is 1. The lowest BCUT2D eigenvalue weighted by Gasteiger charge is -2.09. The summed E-state index contributed by atoms with van der Waals surface area (Å²) in [5.74, 6) is 0.201. The van der Waals surface area contributed by atoms with Gasteiger partial charge in [0.1, 0.15) is 12.0 Å². The Labute approximate surface area is 108 Å². The molecule has 1 rings (SSSR count). The standard InChI is InChI=1S/C12H13BrO4/c1-3-17-12(15)6-8-4-10(13)11(16-2)5-9(8)7-14/h4-5,7H,3,6H2,1-2H3. The molecule has 0 radical (unpaired) electrons. The summed E-state index contributed by atoms with van der Waals surface area (Å²) in [6, 6.07) is 3.28. The molecule has 92 valence electrons. The maximum absolute atomic E-state index is 11.4. The second-order valence-corrected chi connectivity index (χ2v) is 4.14.